The lowest BCUT2D eigenvalue weighted by molar-refractivity contribution is -0.175. The van der Waals surface area contributed by atoms with Gasteiger partial charge in [0.2, 0.25) is 5.88 Å². The standard InChI is InChI=1S/C35H38F3N9O2/c1-18(25-11-20(36)15-46(25)2)48-32-23-13-42-47(26-14-41-34(26)16-35(37,38)17-34)31(23)43-30(44-32)28-21-6-4-10-33(29(21)49-45-28)9-3-5-19-7-8-24(40)22(12-39)27(19)33/h7-8,13,18,20,25-26,41H,3-6,9-11,14-17,40H2,1-2H3/t18-,20+,25-,26+,33+/m0/s1. The Kier molecular flexibility index (Phi) is 6.69. The second-order valence-corrected chi connectivity index (χ2v) is 14.9. The van der Waals surface area contributed by atoms with E-state index in [2.05, 4.69) is 21.6 Å². The predicted molar refractivity (Wildman–Crippen MR) is 173 cm³/mol. The van der Waals surface area contributed by atoms with Gasteiger partial charge < -0.3 is 20.3 Å². The van der Waals surface area contributed by atoms with E-state index >= 15 is 0 Å². The van der Waals surface area contributed by atoms with Crippen molar-refractivity contribution in [2.24, 2.45) is 0 Å². The second-order valence-electron chi connectivity index (χ2n) is 14.9. The third-order valence-electron chi connectivity index (χ3n) is 12.0. The summed E-state index contributed by atoms with van der Waals surface area (Å²) in [6, 6.07) is 5.71. The summed E-state index contributed by atoms with van der Waals surface area (Å²) in [7, 11) is 1.88. The number of nitrogens with two attached hydrogens (primary N) is 1. The zero-order valence-electron chi connectivity index (χ0n) is 27.5. The fourth-order valence-corrected chi connectivity index (χ4v) is 9.62. The van der Waals surface area contributed by atoms with Gasteiger partial charge in [-0.2, -0.15) is 15.3 Å². The Morgan fingerprint density at radius 3 is 2.67 bits per heavy atom. The highest BCUT2D eigenvalue weighted by Crippen LogP contribution is 2.56. The number of halogens is 3. The first-order valence-corrected chi connectivity index (χ1v) is 17.2. The average Bonchev–Trinajstić information content (AvgIpc) is 3.77. The number of fused-ring (bicyclic) bond motifs is 5. The molecule has 1 aromatic carbocycles. The summed E-state index contributed by atoms with van der Waals surface area (Å²) >= 11 is 0. The van der Waals surface area contributed by atoms with E-state index in [0.29, 0.717) is 59.7 Å². The van der Waals surface area contributed by atoms with Gasteiger partial charge in [0.15, 0.2) is 22.9 Å². The van der Waals surface area contributed by atoms with Crippen LogP contribution < -0.4 is 15.8 Å². The van der Waals surface area contributed by atoms with Gasteiger partial charge in [-0.3, -0.25) is 4.90 Å². The third kappa shape index (κ3) is 4.47. The molecule has 11 nitrogen and oxygen atoms in total. The van der Waals surface area contributed by atoms with Gasteiger partial charge in [0, 0.05) is 43.2 Å². The third-order valence-corrected chi connectivity index (χ3v) is 12.0. The van der Waals surface area contributed by atoms with Crippen LogP contribution in [0.4, 0.5) is 18.9 Å². The van der Waals surface area contributed by atoms with Crippen LogP contribution >= 0.6 is 0 Å². The van der Waals surface area contributed by atoms with Gasteiger partial charge in [-0.05, 0) is 76.1 Å². The van der Waals surface area contributed by atoms with E-state index in [4.69, 9.17) is 25.0 Å². The second kappa shape index (κ2) is 10.6. The first-order valence-electron chi connectivity index (χ1n) is 17.2. The summed E-state index contributed by atoms with van der Waals surface area (Å²) in [4.78, 5) is 11.9. The molecule has 2 spiro atoms. The number of nitriles is 1. The van der Waals surface area contributed by atoms with Gasteiger partial charge in [0.25, 0.3) is 5.92 Å². The van der Waals surface area contributed by atoms with E-state index in [0.717, 1.165) is 48.8 Å². The number of aryl methyl sites for hydroxylation is 1. The summed E-state index contributed by atoms with van der Waals surface area (Å²) in [5.41, 5.74) is 9.84. The minimum atomic E-state index is -2.72. The number of anilines is 1. The first-order chi connectivity index (χ1) is 23.5. The van der Waals surface area contributed by atoms with Crippen molar-refractivity contribution in [3.63, 3.8) is 0 Å². The van der Waals surface area contributed by atoms with E-state index in [9.17, 15) is 18.4 Å². The highest BCUT2D eigenvalue weighted by Gasteiger charge is 2.65. The number of hydrogen-bond donors (Lipinski definition) is 2. The molecule has 3 fully saturated rings. The van der Waals surface area contributed by atoms with Gasteiger partial charge in [-0.1, -0.05) is 11.2 Å². The molecule has 3 aliphatic carbocycles. The quantitative estimate of drug-likeness (QED) is 0.277. The number of hydrogen-bond acceptors (Lipinski definition) is 10. The Hall–Kier alpha value is -4.22. The highest BCUT2D eigenvalue weighted by atomic mass is 19.3. The number of aromatic nitrogens is 5. The lowest BCUT2D eigenvalue weighted by atomic mass is 9.61. The molecule has 2 saturated heterocycles. The van der Waals surface area contributed by atoms with Crippen LogP contribution in [-0.4, -0.2) is 79.7 Å². The Labute approximate surface area is 281 Å². The van der Waals surface area contributed by atoms with Crippen LogP contribution in [-0.2, 0) is 18.3 Å². The molecule has 49 heavy (non-hydrogen) atoms. The lowest BCUT2D eigenvalue weighted by Gasteiger charge is -2.59. The van der Waals surface area contributed by atoms with Crippen molar-refractivity contribution in [1.29, 1.82) is 5.26 Å². The molecule has 0 amide bonds. The number of nitrogens with zero attached hydrogens (tertiary/aromatic N) is 7. The van der Waals surface area contributed by atoms with Crippen molar-refractivity contribution < 1.29 is 22.4 Å². The van der Waals surface area contributed by atoms with Crippen molar-refractivity contribution >= 4 is 16.7 Å². The zero-order valence-corrected chi connectivity index (χ0v) is 27.5. The van der Waals surface area contributed by atoms with E-state index in [1.54, 1.807) is 10.9 Å². The average molecular weight is 674 g/mol. The van der Waals surface area contributed by atoms with E-state index in [-0.39, 0.29) is 36.6 Å². The monoisotopic (exact) mass is 673 g/mol. The maximum atomic E-state index is 14.4. The number of benzene rings is 1. The predicted octanol–water partition coefficient (Wildman–Crippen LogP) is 5.02. The van der Waals surface area contributed by atoms with Gasteiger partial charge in [0.1, 0.15) is 23.7 Å². The van der Waals surface area contributed by atoms with Crippen LogP contribution in [0, 0.1) is 11.3 Å². The van der Waals surface area contributed by atoms with Gasteiger partial charge in [-0.25, -0.2) is 22.8 Å². The molecule has 4 aromatic rings. The molecule has 0 unspecified atom stereocenters. The van der Waals surface area contributed by atoms with Crippen molar-refractivity contribution in [1.82, 2.24) is 35.1 Å². The molecule has 5 heterocycles. The zero-order chi connectivity index (χ0) is 33.9. The highest BCUT2D eigenvalue weighted by molar-refractivity contribution is 5.82. The van der Waals surface area contributed by atoms with Crippen LogP contribution in [0.1, 0.15) is 85.9 Å². The topological polar surface area (TPSA) is 144 Å². The number of rotatable bonds is 5. The van der Waals surface area contributed by atoms with Crippen molar-refractivity contribution in [2.75, 3.05) is 25.9 Å². The molecule has 5 atom stereocenters. The molecule has 3 N–H and O–H groups in total. The molecular weight excluding hydrogens is 635 g/mol. The normalized spacial score (nSPS) is 28.9. The number of alkyl halides is 3. The van der Waals surface area contributed by atoms with Crippen LogP contribution in [0.5, 0.6) is 5.88 Å². The summed E-state index contributed by atoms with van der Waals surface area (Å²) in [5, 5.41) is 23.2. The molecule has 5 aliphatic rings. The van der Waals surface area contributed by atoms with Crippen LogP contribution in [0.2, 0.25) is 0 Å². The molecule has 0 radical (unpaired) electrons. The minimum Gasteiger partial charge on any atom is -0.472 e. The van der Waals surface area contributed by atoms with E-state index in [1.165, 1.54) is 0 Å². The summed E-state index contributed by atoms with van der Waals surface area (Å²) in [6.07, 6.45) is 4.98. The summed E-state index contributed by atoms with van der Waals surface area (Å²) in [5.74, 6) is -1.44. The largest absolute Gasteiger partial charge is 0.472 e. The molecule has 3 aromatic heterocycles. The van der Waals surface area contributed by atoms with Crippen molar-refractivity contribution in [2.45, 2.75) is 106 Å². The number of likely N-dealkylation sites (tertiary alicyclic amines) is 1. The van der Waals surface area contributed by atoms with E-state index < -0.39 is 29.2 Å². The van der Waals surface area contributed by atoms with Gasteiger partial charge in [0.05, 0.1) is 28.8 Å². The minimum absolute atomic E-state index is 0.164. The van der Waals surface area contributed by atoms with Crippen molar-refractivity contribution in [3.05, 3.63) is 46.3 Å². The molecule has 14 heteroatoms. The van der Waals surface area contributed by atoms with Crippen LogP contribution in [0.15, 0.2) is 22.9 Å². The maximum absolute atomic E-state index is 14.4. The van der Waals surface area contributed by atoms with Crippen LogP contribution in [0.25, 0.3) is 22.6 Å². The number of likely N-dealkylation sites (N-methyl/N-ethyl adjacent to an activating group) is 1. The van der Waals surface area contributed by atoms with Crippen LogP contribution in [0.3, 0.4) is 0 Å². The Morgan fingerprint density at radius 2 is 1.98 bits per heavy atom. The van der Waals surface area contributed by atoms with Gasteiger partial charge >= 0.3 is 0 Å². The summed E-state index contributed by atoms with van der Waals surface area (Å²) < 4.78 is 57.1. The Morgan fingerprint density at radius 1 is 1.18 bits per heavy atom. The number of nitrogens with one attached hydrogen (secondary N) is 1. The molecule has 0 bridgehead atoms. The molecule has 1 saturated carbocycles. The fraction of sp³-hybridized carbons (Fsp3) is 0.571. The Balaban J connectivity index is 1.17. The van der Waals surface area contributed by atoms with Crippen molar-refractivity contribution in [3.8, 4) is 23.5 Å². The molecule has 9 rings (SSSR count). The lowest BCUT2D eigenvalue weighted by Crippen LogP contribution is -2.74. The van der Waals surface area contributed by atoms with Gasteiger partial charge in [-0.15, -0.1) is 0 Å². The maximum Gasteiger partial charge on any atom is 0.251 e. The first kappa shape index (κ1) is 30.8. The fourth-order valence-electron chi connectivity index (χ4n) is 9.62. The number of nitrogen functional groups attached to an aromatic ring is 1. The molecular formula is C35H38F3N9O2. The Bertz CT molecular complexity index is 2030. The smallest absolute Gasteiger partial charge is 0.251 e. The molecule has 2 aliphatic heterocycles. The molecule has 256 valence electrons. The SMILES string of the molecule is C[C@H](Oc1nc(-c2noc3c2CCC[C@@]32CCCc3ccc(N)c(C#N)c32)nc2c1cnn2[C@@H]1CNC12CC(F)(F)C2)[C@@H]1C[C@@H](F)CN1C. The number of ether oxygens (including phenoxy) is 1. The van der Waals surface area contributed by atoms with E-state index in [1.807, 2.05) is 31.0 Å². The summed E-state index contributed by atoms with van der Waals surface area (Å²) in [6.45, 7) is 2.71.